The summed E-state index contributed by atoms with van der Waals surface area (Å²) in [6.45, 7) is 4.17. The van der Waals surface area contributed by atoms with Crippen LogP contribution in [0.3, 0.4) is 0 Å². The largest absolute Gasteiger partial charge is 0.490 e. The molecule has 0 amide bonds. The van der Waals surface area contributed by atoms with Crippen LogP contribution in [0.5, 0.6) is 23.0 Å². The molecule has 0 saturated heterocycles. The second-order valence-electron chi connectivity index (χ2n) is 8.16. The molecule has 1 unspecified atom stereocenters. The maximum absolute atomic E-state index is 6.15. The van der Waals surface area contributed by atoms with E-state index in [1.54, 1.807) is 11.3 Å². The number of hydrogen-bond acceptors (Lipinski definition) is 9. The van der Waals surface area contributed by atoms with Crippen LogP contribution in [-0.2, 0) is 6.61 Å². The minimum Gasteiger partial charge on any atom is -0.490 e. The monoisotopic (exact) mass is 491 g/mol. The molecule has 6 rings (SSSR count). The summed E-state index contributed by atoms with van der Waals surface area (Å²) in [6, 6.07) is 13.8. The summed E-state index contributed by atoms with van der Waals surface area (Å²) in [5, 5.41) is 5.12. The van der Waals surface area contributed by atoms with Crippen molar-refractivity contribution in [3.05, 3.63) is 58.3 Å². The molecule has 2 aliphatic heterocycles. The number of fused-ring (bicyclic) bond motifs is 4. The Labute approximate surface area is 206 Å². The molecule has 2 aliphatic rings. The zero-order chi connectivity index (χ0) is 23.8. The fourth-order valence-electron chi connectivity index (χ4n) is 4.26. The van der Waals surface area contributed by atoms with Gasteiger partial charge in [0.2, 0.25) is 5.95 Å². The molecule has 9 nitrogen and oxygen atoms in total. The molecule has 35 heavy (non-hydrogen) atoms. The second kappa shape index (κ2) is 9.03. The van der Waals surface area contributed by atoms with Gasteiger partial charge in [0, 0.05) is 29.0 Å². The Bertz CT molecular complexity index is 1400. The summed E-state index contributed by atoms with van der Waals surface area (Å²) >= 11 is 1.66. The molecule has 4 aromatic rings. The van der Waals surface area contributed by atoms with Gasteiger partial charge in [0.1, 0.15) is 6.61 Å². The number of benzene rings is 2. The van der Waals surface area contributed by atoms with Crippen molar-refractivity contribution in [3.63, 3.8) is 0 Å². The van der Waals surface area contributed by atoms with Crippen LogP contribution in [0.4, 0.5) is 5.95 Å². The molecule has 2 aromatic heterocycles. The predicted octanol–water partition coefficient (Wildman–Crippen LogP) is 4.52. The van der Waals surface area contributed by atoms with Gasteiger partial charge in [0.15, 0.2) is 35.1 Å². The van der Waals surface area contributed by atoms with Crippen LogP contribution in [0, 0.1) is 0 Å². The minimum absolute atomic E-state index is 0.294. The van der Waals surface area contributed by atoms with Crippen LogP contribution in [0.1, 0.15) is 30.0 Å². The van der Waals surface area contributed by atoms with Gasteiger partial charge < -0.3 is 24.7 Å². The summed E-state index contributed by atoms with van der Waals surface area (Å²) in [7, 11) is 0. The standard InChI is InChI=1S/C25H25N5O4S/c1-2-31-20-11-15(6-7-19(20)34-14-16-5-3-10-35-16)23-28-24(26)29-25-27-17-12-21-22(13-18(17)30(23)25)33-9-4-8-32-21/h3,5-7,10-13,23H,2,4,8-9,14H2,1H3,(H3,26,27,28,29). The van der Waals surface area contributed by atoms with Crippen LogP contribution in [0.25, 0.3) is 11.0 Å². The maximum Gasteiger partial charge on any atom is 0.212 e. The van der Waals surface area contributed by atoms with E-state index in [0.717, 1.165) is 27.9 Å². The van der Waals surface area contributed by atoms with Crippen molar-refractivity contribution in [1.29, 1.82) is 0 Å². The smallest absolute Gasteiger partial charge is 0.212 e. The zero-order valence-corrected chi connectivity index (χ0v) is 20.0. The molecular weight excluding hydrogens is 466 g/mol. The second-order valence-corrected chi connectivity index (χ2v) is 9.20. The van der Waals surface area contributed by atoms with Gasteiger partial charge in [-0.05, 0) is 30.5 Å². The Balaban J connectivity index is 1.40. The number of nitrogens with two attached hydrogens (primary N) is 1. The molecule has 0 aliphatic carbocycles. The van der Waals surface area contributed by atoms with E-state index in [-0.39, 0.29) is 0 Å². The van der Waals surface area contributed by atoms with E-state index in [1.807, 2.05) is 59.3 Å². The number of ether oxygens (including phenoxy) is 4. The lowest BCUT2D eigenvalue weighted by Gasteiger charge is -2.24. The normalized spacial score (nSPS) is 16.7. The Kier molecular flexibility index (Phi) is 5.57. The van der Waals surface area contributed by atoms with Crippen LogP contribution in [0.2, 0.25) is 0 Å². The third kappa shape index (κ3) is 4.10. The van der Waals surface area contributed by atoms with E-state index in [1.165, 1.54) is 0 Å². The van der Waals surface area contributed by atoms with E-state index in [4.69, 9.17) is 34.7 Å². The molecule has 0 radical (unpaired) electrons. The SMILES string of the molecule is CCOc1cc(C2N=C(N)Nc3nc4cc5c(cc4n32)OCCCO5)ccc1OCc1cccs1. The molecule has 0 fully saturated rings. The first kappa shape index (κ1) is 21.6. The van der Waals surface area contributed by atoms with E-state index < -0.39 is 6.17 Å². The molecule has 0 spiro atoms. The van der Waals surface area contributed by atoms with E-state index >= 15 is 0 Å². The predicted molar refractivity (Wildman–Crippen MR) is 135 cm³/mol. The van der Waals surface area contributed by atoms with Gasteiger partial charge in [-0.3, -0.25) is 9.88 Å². The van der Waals surface area contributed by atoms with Gasteiger partial charge >= 0.3 is 0 Å². The highest BCUT2D eigenvalue weighted by Gasteiger charge is 2.27. The average Bonchev–Trinajstić information content (AvgIpc) is 3.43. The van der Waals surface area contributed by atoms with Crippen molar-refractivity contribution in [1.82, 2.24) is 9.55 Å². The number of aliphatic imine (C=N–C) groups is 1. The third-order valence-corrected chi connectivity index (χ3v) is 6.67. The summed E-state index contributed by atoms with van der Waals surface area (Å²) in [5.74, 6) is 3.64. The number of rotatable bonds is 6. The number of guanidine groups is 1. The lowest BCUT2D eigenvalue weighted by Crippen LogP contribution is -2.31. The van der Waals surface area contributed by atoms with E-state index in [2.05, 4.69) is 5.32 Å². The maximum atomic E-state index is 6.15. The van der Waals surface area contributed by atoms with Crippen molar-refractivity contribution in [2.45, 2.75) is 26.1 Å². The van der Waals surface area contributed by atoms with Gasteiger partial charge in [-0.25, -0.2) is 9.98 Å². The number of thiophene rings is 1. The molecule has 180 valence electrons. The lowest BCUT2D eigenvalue weighted by molar-refractivity contribution is 0.271. The fourth-order valence-corrected chi connectivity index (χ4v) is 4.88. The highest BCUT2D eigenvalue weighted by atomic mass is 32.1. The van der Waals surface area contributed by atoms with Crippen molar-refractivity contribution >= 4 is 34.3 Å². The third-order valence-electron chi connectivity index (χ3n) is 5.82. The minimum atomic E-state index is -0.438. The van der Waals surface area contributed by atoms with Gasteiger partial charge in [-0.2, -0.15) is 0 Å². The van der Waals surface area contributed by atoms with Crippen molar-refractivity contribution in [3.8, 4) is 23.0 Å². The first-order chi connectivity index (χ1) is 17.2. The number of nitrogens with zero attached hydrogens (tertiary/aromatic N) is 3. The Morgan fingerprint density at radius 3 is 2.77 bits per heavy atom. The van der Waals surface area contributed by atoms with E-state index in [9.17, 15) is 0 Å². The average molecular weight is 492 g/mol. The molecule has 0 saturated carbocycles. The molecule has 0 bridgehead atoms. The molecule has 4 heterocycles. The van der Waals surface area contributed by atoms with E-state index in [0.29, 0.717) is 61.3 Å². The highest BCUT2D eigenvalue weighted by molar-refractivity contribution is 7.09. The van der Waals surface area contributed by atoms with Crippen LogP contribution in [-0.4, -0.2) is 35.3 Å². The topological polar surface area (TPSA) is 105 Å². The lowest BCUT2D eigenvalue weighted by atomic mass is 10.1. The molecule has 2 aromatic carbocycles. The summed E-state index contributed by atoms with van der Waals surface area (Å²) in [6.07, 6.45) is 0.399. The number of anilines is 1. The molecule has 10 heteroatoms. The number of aromatic nitrogens is 2. The van der Waals surface area contributed by atoms with Crippen molar-refractivity contribution < 1.29 is 18.9 Å². The molecular formula is C25H25N5O4S. The van der Waals surface area contributed by atoms with Crippen LogP contribution in [0.15, 0.2) is 52.8 Å². The summed E-state index contributed by atoms with van der Waals surface area (Å²) in [4.78, 5) is 10.6. The van der Waals surface area contributed by atoms with Crippen molar-refractivity contribution in [2.24, 2.45) is 10.7 Å². The quantitative estimate of drug-likeness (QED) is 0.408. The molecule has 3 N–H and O–H groups in total. The van der Waals surface area contributed by atoms with Crippen LogP contribution >= 0.6 is 11.3 Å². The molecule has 1 atom stereocenters. The number of nitrogens with one attached hydrogen (secondary N) is 1. The van der Waals surface area contributed by atoms with Crippen molar-refractivity contribution in [2.75, 3.05) is 25.1 Å². The van der Waals surface area contributed by atoms with Gasteiger partial charge in [-0.1, -0.05) is 12.1 Å². The van der Waals surface area contributed by atoms with Crippen LogP contribution < -0.4 is 30.0 Å². The first-order valence-corrected chi connectivity index (χ1v) is 12.4. The van der Waals surface area contributed by atoms with Gasteiger partial charge in [0.05, 0.1) is 30.9 Å². The Hall–Kier alpha value is -3.92. The summed E-state index contributed by atoms with van der Waals surface area (Å²) < 4.78 is 25.8. The zero-order valence-electron chi connectivity index (χ0n) is 19.2. The fraction of sp³-hybridized carbons (Fsp3) is 0.280. The first-order valence-electron chi connectivity index (χ1n) is 11.5. The number of imidazole rings is 1. The Morgan fingerprint density at radius 2 is 1.97 bits per heavy atom. The van der Waals surface area contributed by atoms with Gasteiger partial charge in [0.25, 0.3) is 0 Å². The summed E-state index contributed by atoms with van der Waals surface area (Å²) in [5.41, 5.74) is 8.69. The highest BCUT2D eigenvalue weighted by Crippen LogP contribution is 2.40. The number of hydrogen-bond donors (Lipinski definition) is 2. The Morgan fingerprint density at radius 1 is 1.11 bits per heavy atom. The van der Waals surface area contributed by atoms with Gasteiger partial charge in [-0.15, -0.1) is 11.3 Å².